The number of thioether (sulfide) groups is 1. The van der Waals surface area contributed by atoms with Gasteiger partial charge in [0.15, 0.2) is 5.13 Å². The standard InChI is InChI=1S/C14H12N4OS2/c1-20-8-4-5-10(15)9(7-8)12(19)18-14-17-11-3-2-6-16-13(11)21-14/h2-7H,15H2,1H3,(H,17,18,19). The lowest BCUT2D eigenvalue weighted by Gasteiger charge is -2.06. The van der Waals surface area contributed by atoms with Crippen molar-refractivity contribution in [3.8, 4) is 0 Å². The molecule has 0 fully saturated rings. The highest BCUT2D eigenvalue weighted by Crippen LogP contribution is 2.26. The summed E-state index contributed by atoms with van der Waals surface area (Å²) in [4.78, 5) is 22.6. The number of pyridine rings is 1. The van der Waals surface area contributed by atoms with Gasteiger partial charge in [0.2, 0.25) is 0 Å². The predicted molar refractivity (Wildman–Crippen MR) is 88.0 cm³/mol. The molecule has 0 aliphatic heterocycles. The fourth-order valence-corrected chi connectivity index (χ4v) is 3.09. The number of hydrogen-bond donors (Lipinski definition) is 2. The van der Waals surface area contributed by atoms with Crippen LogP contribution in [0.3, 0.4) is 0 Å². The topological polar surface area (TPSA) is 80.9 Å². The molecular weight excluding hydrogens is 304 g/mol. The van der Waals surface area contributed by atoms with E-state index in [9.17, 15) is 4.79 Å². The molecule has 0 radical (unpaired) electrons. The first kappa shape index (κ1) is 13.8. The molecular formula is C14H12N4OS2. The molecule has 21 heavy (non-hydrogen) atoms. The van der Waals surface area contributed by atoms with Gasteiger partial charge in [-0.3, -0.25) is 10.1 Å². The number of nitrogens with one attached hydrogen (secondary N) is 1. The second-order valence-electron chi connectivity index (χ2n) is 4.25. The van der Waals surface area contributed by atoms with E-state index in [4.69, 9.17) is 5.73 Å². The van der Waals surface area contributed by atoms with Crippen LogP contribution in [-0.2, 0) is 0 Å². The van der Waals surface area contributed by atoms with Crippen LogP contribution in [0.15, 0.2) is 41.4 Å². The average molecular weight is 316 g/mol. The van der Waals surface area contributed by atoms with Crippen LogP contribution in [0.1, 0.15) is 10.4 Å². The Morgan fingerprint density at radius 1 is 1.38 bits per heavy atom. The summed E-state index contributed by atoms with van der Waals surface area (Å²) in [5.74, 6) is -0.262. The Morgan fingerprint density at radius 3 is 3.00 bits per heavy atom. The monoisotopic (exact) mass is 316 g/mol. The quantitative estimate of drug-likeness (QED) is 0.572. The Bertz CT molecular complexity index is 783. The van der Waals surface area contributed by atoms with Gasteiger partial charge in [0, 0.05) is 16.8 Å². The summed E-state index contributed by atoms with van der Waals surface area (Å²) in [6.45, 7) is 0. The molecule has 0 bridgehead atoms. The minimum atomic E-state index is -0.262. The molecule has 2 aromatic heterocycles. The smallest absolute Gasteiger partial charge is 0.259 e. The average Bonchev–Trinajstić information content (AvgIpc) is 2.89. The summed E-state index contributed by atoms with van der Waals surface area (Å²) in [6.07, 6.45) is 3.65. The van der Waals surface area contributed by atoms with Gasteiger partial charge in [-0.15, -0.1) is 11.8 Å². The van der Waals surface area contributed by atoms with Crippen molar-refractivity contribution in [2.45, 2.75) is 4.90 Å². The zero-order chi connectivity index (χ0) is 14.8. The molecule has 1 aromatic carbocycles. The van der Waals surface area contributed by atoms with Crippen molar-refractivity contribution in [2.75, 3.05) is 17.3 Å². The number of amides is 1. The van der Waals surface area contributed by atoms with Crippen LogP contribution >= 0.6 is 23.1 Å². The third-order valence-electron chi connectivity index (χ3n) is 2.89. The van der Waals surface area contributed by atoms with Crippen LogP contribution < -0.4 is 11.1 Å². The van der Waals surface area contributed by atoms with Gasteiger partial charge >= 0.3 is 0 Å². The van der Waals surface area contributed by atoms with Gasteiger partial charge in [-0.1, -0.05) is 11.3 Å². The minimum absolute atomic E-state index is 0.262. The number of nitrogens with zero attached hydrogens (tertiary/aromatic N) is 2. The van der Waals surface area contributed by atoms with Crippen LogP contribution in [0.5, 0.6) is 0 Å². The van der Waals surface area contributed by atoms with Gasteiger partial charge < -0.3 is 5.73 Å². The van der Waals surface area contributed by atoms with Crippen LogP contribution in [0.4, 0.5) is 10.8 Å². The maximum absolute atomic E-state index is 12.3. The zero-order valence-corrected chi connectivity index (χ0v) is 12.8. The SMILES string of the molecule is CSc1ccc(N)c(C(=O)Nc2nc3cccnc3s2)c1. The van der Waals surface area contributed by atoms with Crippen molar-refractivity contribution in [1.29, 1.82) is 0 Å². The Morgan fingerprint density at radius 2 is 2.24 bits per heavy atom. The molecule has 2 heterocycles. The Kier molecular flexibility index (Phi) is 3.76. The van der Waals surface area contributed by atoms with Crippen LogP contribution in [0.2, 0.25) is 0 Å². The molecule has 106 valence electrons. The summed E-state index contributed by atoms with van der Waals surface area (Å²) >= 11 is 2.90. The van der Waals surface area contributed by atoms with Crippen molar-refractivity contribution < 1.29 is 4.79 Å². The number of fused-ring (bicyclic) bond motifs is 1. The van der Waals surface area contributed by atoms with Crippen molar-refractivity contribution in [3.63, 3.8) is 0 Å². The number of hydrogen-bond acceptors (Lipinski definition) is 6. The van der Waals surface area contributed by atoms with E-state index in [1.165, 1.54) is 11.3 Å². The maximum Gasteiger partial charge on any atom is 0.259 e. The van der Waals surface area contributed by atoms with Crippen molar-refractivity contribution in [2.24, 2.45) is 0 Å². The number of rotatable bonds is 3. The molecule has 0 aliphatic rings. The van der Waals surface area contributed by atoms with E-state index in [1.807, 2.05) is 24.5 Å². The highest BCUT2D eigenvalue weighted by atomic mass is 32.2. The lowest BCUT2D eigenvalue weighted by Crippen LogP contribution is -2.13. The first-order chi connectivity index (χ1) is 10.2. The summed E-state index contributed by atoms with van der Waals surface area (Å²) in [5, 5.41) is 3.30. The van der Waals surface area contributed by atoms with Crippen molar-refractivity contribution >= 4 is 50.2 Å². The number of benzene rings is 1. The molecule has 0 aliphatic carbocycles. The van der Waals surface area contributed by atoms with Crippen LogP contribution in [0, 0.1) is 0 Å². The third-order valence-corrected chi connectivity index (χ3v) is 4.51. The molecule has 3 N–H and O–H groups in total. The van der Waals surface area contributed by atoms with E-state index in [0.29, 0.717) is 16.4 Å². The molecule has 1 amide bonds. The van der Waals surface area contributed by atoms with Crippen LogP contribution in [0.25, 0.3) is 10.3 Å². The zero-order valence-electron chi connectivity index (χ0n) is 11.2. The number of nitrogens with two attached hydrogens (primary N) is 1. The molecule has 0 atom stereocenters. The largest absolute Gasteiger partial charge is 0.398 e. The normalized spacial score (nSPS) is 10.7. The molecule has 0 saturated carbocycles. The highest BCUT2D eigenvalue weighted by Gasteiger charge is 2.13. The molecule has 3 rings (SSSR count). The highest BCUT2D eigenvalue weighted by molar-refractivity contribution is 7.98. The molecule has 7 heteroatoms. The number of carbonyl (C=O) groups excluding carboxylic acids is 1. The first-order valence-electron chi connectivity index (χ1n) is 6.14. The van der Waals surface area contributed by atoms with Gasteiger partial charge in [0.05, 0.1) is 5.56 Å². The number of aromatic nitrogens is 2. The lowest BCUT2D eigenvalue weighted by atomic mass is 10.1. The van der Waals surface area contributed by atoms with E-state index in [1.54, 1.807) is 30.1 Å². The Hall–Kier alpha value is -2.12. The molecule has 0 spiro atoms. The molecule has 0 saturated heterocycles. The van der Waals surface area contributed by atoms with Gasteiger partial charge in [-0.25, -0.2) is 9.97 Å². The van der Waals surface area contributed by atoms with Crippen molar-refractivity contribution in [1.82, 2.24) is 9.97 Å². The predicted octanol–water partition coefficient (Wildman–Crippen LogP) is 3.25. The summed E-state index contributed by atoms with van der Waals surface area (Å²) in [7, 11) is 0. The second-order valence-corrected chi connectivity index (χ2v) is 6.11. The van der Waals surface area contributed by atoms with Crippen LogP contribution in [-0.4, -0.2) is 22.1 Å². The van der Waals surface area contributed by atoms with Gasteiger partial charge in [0.25, 0.3) is 5.91 Å². The number of anilines is 2. The molecule has 3 aromatic rings. The second kappa shape index (κ2) is 5.71. The van der Waals surface area contributed by atoms with Gasteiger partial charge in [-0.2, -0.15) is 0 Å². The number of thiazole rings is 1. The molecule has 0 unspecified atom stereocenters. The fraction of sp³-hybridized carbons (Fsp3) is 0.0714. The van der Waals surface area contributed by atoms with Gasteiger partial charge in [0.1, 0.15) is 10.3 Å². The number of carbonyl (C=O) groups is 1. The van der Waals surface area contributed by atoms with Gasteiger partial charge in [-0.05, 0) is 36.6 Å². The molecule has 5 nitrogen and oxygen atoms in total. The Balaban J connectivity index is 1.89. The summed E-state index contributed by atoms with van der Waals surface area (Å²) in [6, 6.07) is 9.07. The number of nitrogen functional groups attached to an aromatic ring is 1. The first-order valence-corrected chi connectivity index (χ1v) is 8.18. The minimum Gasteiger partial charge on any atom is -0.398 e. The van der Waals surface area contributed by atoms with E-state index in [-0.39, 0.29) is 5.91 Å². The lowest BCUT2D eigenvalue weighted by molar-refractivity contribution is 0.102. The Labute approximate surface area is 129 Å². The summed E-state index contributed by atoms with van der Waals surface area (Å²) in [5.41, 5.74) is 7.54. The van der Waals surface area contributed by atoms with Crippen molar-refractivity contribution in [3.05, 3.63) is 42.1 Å². The van der Waals surface area contributed by atoms with E-state index in [2.05, 4.69) is 15.3 Å². The maximum atomic E-state index is 12.3. The fourth-order valence-electron chi connectivity index (χ4n) is 1.85. The van der Waals surface area contributed by atoms with E-state index in [0.717, 1.165) is 15.2 Å². The van der Waals surface area contributed by atoms with E-state index >= 15 is 0 Å². The third kappa shape index (κ3) is 2.84. The summed E-state index contributed by atoms with van der Waals surface area (Å²) < 4.78 is 0. The van der Waals surface area contributed by atoms with E-state index < -0.39 is 0 Å².